The number of hydrogen-bond acceptors (Lipinski definition) is 0. The van der Waals surface area contributed by atoms with Crippen LogP contribution in [0.15, 0.2) is 0 Å². The van der Waals surface area contributed by atoms with Gasteiger partial charge in [-0.05, 0) is 0 Å². The van der Waals surface area contributed by atoms with Crippen molar-refractivity contribution < 1.29 is 32.7 Å². The Kier molecular flexibility index (Phi) is 450. The first-order valence-electron chi connectivity index (χ1n) is 0. The Hall–Kier alpha value is 1.23. The van der Waals surface area contributed by atoms with Gasteiger partial charge in [-0.3, -0.25) is 0 Å². The smallest absolute Gasteiger partial charge is 0 e. The van der Waals surface area contributed by atoms with Crippen molar-refractivity contribution in [1.82, 2.24) is 0 Å². The molecule has 4 N–H and O–H groups in total. The Morgan fingerprint density at radius 3 is 0.750 bits per heavy atom. The maximum atomic E-state index is 0. The van der Waals surface area contributed by atoms with Crippen molar-refractivity contribution in [3.63, 3.8) is 0 Å². The number of hydrogen-bond donors (Lipinski definition) is 0. The van der Waals surface area contributed by atoms with Crippen LogP contribution < -0.4 is 0 Å². The van der Waals surface area contributed by atoms with Gasteiger partial charge in [-0.25, -0.2) is 0 Å². The Labute approximate surface area is 51.6 Å². The molecule has 0 fully saturated rings. The second-order valence-corrected chi connectivity index (χ2v) is 0. The second-order valence-electron chi connectivity index (χ2n) is 0. The van der Waals surface area contributed by atoms with Crippen LogP contribution in [0.2, 0.25) is 0 Å². The van der Waals surface area contributed by atoms with E-state index in [0.717, 1.165) is 0 Å². The van der Waals surface area contributed by atoms with Crippen molar-refractivity contribution in [2.75, 3.05) is 0 Å². The zero-order chi connectivity index (χ0) is 0. The minimum atomic E-state index is 0. The van der Waals surface area contributed by atoms with Crippen LogP contribution in [0.5, 0.6) is 0 Å². The SMILES string of the molecule is O.O.[LiH].[Ti]. The fourth-order valence-electron chi connectivity index (χ4n) is 0. The van der Waals surface area contributed by atoms with E-state index < -0.39 is 0 Å². The molecule has 0 unspecified atom stereocenters. The molecular weight excluding hydrogens is 86.8 g/mol. The average Bonchev–Trinajstić information content (AvgIpc) is 0. The molecule has 0 amide bonds. The summed E-state index contributed by atoms with van der Waals surface area (Å²) in [4.78, 5) is 0. The fraction of sp³-hybridized carbons (Fsp3) is 0. The van der Waals surface area contributed by atoms with Crippen molar-refractivity contribution in [2.45, 2.75) is 0 Å². The fourth-order valence-corrected chi connectivity index (χ4v) is 0. The van der Waals surface area contributed by atoms with Crippen LogP contribution in [0.1, 0.15) is 0 Å². The quantitative estimate of drug-likeness (QED) is 0.301. The topological polar surface area (TPSA) is 63.0 Å². The van der Waals surface area contributed by atoms with Crippen LogP contribution >= 0.6 is 0 Å². The van der Waals surface area contributed by atoms with Crippen LogP contribution in [0.3, 0.4) is 0 Å². The van der Waals surface area contributed by atoms with Gasteiger partial charge in [0, 0.05) is 21.7 Å². The van der Waals surface area contributed by atoms with E-state index in [9.17, 15) is 0 Å². The van der Waals surface area contributed by atoms with E-state index in [1.54, 1.807) is 0 Å². The predicted molar refractivity (Wildman–Crippen MR) is 14.4 cm³/mol. The van der Waals surface area contributed by atoms with Gasteiger partial charge in [-0.2, -0.15) is 0 Å². The van der Waals surface area contributed by atoms with E-state index in [1.165, 1.54) is 0 Å². The summed E-state index contributed by atoms with van der Waals surface area (Å²) in [6, 6.07) is 0. The molecule has 0 atom stereocenters. The monoisotopic (exact) mass is 92.0 g/mol. The summed E-state index contributed by atoms with van der Waals surface area (Å²) in [5.41, 5.74) is 0. The maximum Gasteiger partial charge on any atom is 0 e. The Morgan fingerprint density at radius 1 is 0.750 bits per heavy atom. The molecule has 0 saturated carbocycles. The molecule has 0 rings (SSSR count). The zero-order valence-electron chi connectivity index (χ0n) is 1.50. The number of rotatable bonds is 0. The van der Waals surface area contributed by atoms with Gasteiger partial charge in [0.15, 0.2) is 0 Å². The molecule has 0 aromatic carbocycles. The molecule has 0 aliphatic heterocycles. The van der Waals surface area contributed by atoms with Crippen LogP contribution in [0.4, 0.5) is 0 Å². The summed E-state index contributed by atoms with van der Waals surface area (Å²) in [5, 5.41) is 0. The third-order valence-corrected chi connectivity index (χ3v) is 0. The molecule has 4 heavy (non-hydrogen) atoms. The van der Waals surface area contributed by atoms with E-state index in [-0.39, 0.29) is 51.5 Å². The standard InChI is InChI=1S/Li.2H2O.Ti.H/h;2*1H2;;. The first-order valence-corrected chi connectivity index (χ1v) is 0. The summed E-state index contributed by atoms with van der Waals surface area (Å²) in [7, 11) is 0. The van der Waals surface area contributed by atoms with Crippen LogP contribution in [0.25, 0.3) is 0 Å². The molecule has 0 bridgehead atoms. The normalized spacial score (nSPS) is 0. The van der Waals surface area contributed by atoms with E-state index in [0.29, 0.717) is 0 Å². The molecule has 0 aromatic heterocycles. The van der Waals surface area contributed by atoms with Gasteiger partial charge < -0.3 is 11.0 Å². The van der Waals surface area contributed by atoms with Crippen molar-refractivity contribution in [1.29, 1.82) is 0 Å². The molecule has 2 nitrogen and oxygen atoms in total. The molecule has 22 valence electrons. The van der Waals surface area contributed by atoms with Gasteiger partial charge in [0.05, 0.1) is 0 Å². The summed E-state index contributed by atoms with van der Waals surface area (Å²) in [5.74, 6) is 0. The van der Waals surface area contributed by atoms with Gasteiger partial charge in [0.25, 0.3) is 0 Å². The molecule has 0 aromatic rings. The third kappa shape index (κ3) is 10.6. The maximum absolute atomic E-state index is 0. The zero-order valence-corrected chi connectivity index (χ0v) is 3.06. The van der Waals surface area contributed by atoms with Crippen LogP contribution in [-0.4, -0.2) is 29.8 Å². The Balaban J connectivity index is 0. The van der Waals surface area contributed by atoms with Crippen molar-refractivity contribution in [3.05, 3.63) is 0 Å². The minimum Gasteiger partial charge on any atom is 0 e. The summed E-state index contributed by atoms with van der Waals surface area (Å²) >= 11 is 0. The molecule has 0 saturated heterocycles. The van der Waals surface area contributed by atoms with E-state index in [4.69, 9.17) is 0 Å². The molecular formula is H5LiO2Ti. The summed E-state index contributed by atoms with van der Waals surface area (Å²) in [6.07, 6.45) is 0. The molecule has 0 aliphatic carbocycles. The molecule has 4 heteroatoms. The minimum absolute atomic E-state index is 0. The molecule has 0 aliphatic rings. The Bertz CT molecular complexity index is 6.00. The van der Waals surface area contributed by atoms with Gasteiger partial charge in [-0.1, -0.05) is 0 Å². The average molecular weight is 91.8 g/mol. The third-order valence-electron chi connectivity index (χ3n) is 0. The van der Waals surface area contributed by atoms with E-state index in [2.05, 4.69) is 0 Å². The second kappa shape index (κ2) is 29.1. The van der Waals surface area contributed by atoms with Crippen molar-refractivity contribution in [3.8, 4) is 0 Å². The van der Waals surface area contributed by atoms with Gasteiger partial charge >= 0.3 is 18.9 Å². The molecule has 0 spiro atoms. The van der Waals surface area contributed by atoms with E-state index >= 15 is 0 Å². The molecule has 0 heterocycles. The van der Waals surface area contributed by atoms with Crippen LogP contribution in [-0.2, 0) is 21.7 Å². The van der Waals surface area contributed by atoms with Gasteiger partial charge in [-0.15, -0.1) is 0 Å². The van der Waals surface area contributed by atoms with Gasteiger partial charge in [0.1, 0.15) is 0 Å². The summed E-state index contributed by atoms with van der Waals surface area (Å²) < 4.78 is 0. The Morgan fingerprint density at radius 2 is 0.750 bits per heavy atom. The van der Waals surface area contributed by atoms with Gasteiger partial charge in [0.2, 0.25) is 0 Å². The van der Waals surface area contributed by atoms with Crippen molar-refractivity contribution >= 4 is 18.9 Å². The van der Waals surface area contributed by atoms with Crippen molar-refractivity contribution in [2.24, 2.45) is 0 Å². The first-order chi connectivity index (χ1) is 0. The van der Waals surface area contributed by atoms with Crippen LogP contribution in [0, 0.1) is 0 Å². The first kappa shape index (κ1) is 61.8. The largest absolute Gasteiger partial charge is 0 e. The summed E-state index contributed by atoms with van der Waals surface area (Å²) in [6.45, 7) is 0. The molecule has 0 radical (unpaired) electrons. The van der Waals surface area contributed by atoms with E-state index in [1.807, 2.05) is 0 Å². The predicted octanol–water partition coefficient (Wildman–Crippen LogP) is -2.30.